The predicted octanol–water partition coefficient (Wildman–Crippen LogP) is 5.85. The standard InChI is InChI=1S/C26H26N2O4S/c1-16-12-17(2)14-19(13-16)28(26-27-20-8-6-7-9-22(20)33-26)23(29)15-18-10-11-21(30-3)25(32-5)24(18)31-4/h6-14H,15H2,1-5H3. The number of hydrogen-bond acceptors (Lipinski definition) is 6. The van der Waals surface area contributed by atoms with Gasteiger partial charge in [0.05, 0.1) is 43.7 Å². The van der Waals surface area contributed by atoms with Gasteiger partial charge in [0.1, 0.15) is 0 Å². The minimum absolute atomic E-state index is 0.104. The molecule has 1 heterocycles. The maximum Gasteiger partial charge on any atom is 0.237 e. The van der Waals surface area contributed by atoms with Crippen LogP contribution in [0.4, 0.5) is 10.8 Å². The lowest BCUT2D eigenvalue weighted by Crippen LogP contribution is -2.28. The Morgan fingerprint density at radius 3 is 2.24 bits per heavy atom. The topological polar surface area (TPSA) is 60.9 Å². The number of aryl methyl sites for hydroxylation is 2. The molecule has 1 aromatic heterocycles. The minimum Gasteiger partial charge on any atom is -0.493 e. The number of thiazole rings is 1. The molecular weight excluding hydrogens is 436 g/mol. The molecule has 0 bridgehead atoms. The summed E-state index contributed by atoms with van der Waals surface area (Å²) < 4.78 is 17.5. The highest BCUT2D eigenvalue weighted by Gasteiger charge is 2.25. The molecular formula is C26H26N2O4S. The number of carbonyl (C=O) groups is 1. The van der Waals surface area contributed by atoms with Crippen molar-refractivity contribution in [3.63, 3.8) is 0 Å². The second-order valence-corrected chi connectivity index (χ2v) is 8.72. The van der Waals surface area contributed by atoms with Gasteiger partial charge in [0.25, 0.3) is 0 Å². The van der Waals surface area contributed by atoms with E-state index in [1.807, 2.05) is 56.3 Å². The number of anilines is 2. The number of hydrogen-bond donors (Lipinski definition) is 0. The van der Waals surface area contributed by atoms with E-state index >= 15 is 0 Å². The number of rotatable bonds is 7. The maximum absolute atomic E-state index is 13.8. The number of methoxy groups -OCH3 is 3. The van der Waals surface area contributed by atoms with E-state index in [0.717, 1.165) is 27.0 Å². The van der Waals surface area contributed by atoms with Crippen molar-refractivity contribution in [2.24, 2.45) is 0 Å². The summed E-state index contributed by atoms with van der Waals surface area (Å²) in [4.78, 5) is 20.3. The van der Waals surface area contributed by atoms with Crippen molar-refractivity contribution < 1.29 is 19.0 Å². The maximum atomic E-state index is 13.8. The number of para-hydroxylation sites is 1. The van der Waals surface area contributed by atoms with Gasteiger partial charge in [-0.05, 0) is 55.3 Å². The Hall–Kier alpha value is -3.58. The third kappa shape index (κ3) is 4.50. The molecule has 0 unspecified atom stereocenters. The van der Waals surface area contributed by atoms with Crippen molar-refractivity contribution in [2.75, 3.05) is 26.2 Å². The number of benzene rings is 3. The number of ether oxygens (including phenoxy) is 3. The molecule has 7 heteroatoms. The fraction of sp³-hybridized carbons (Fsp3) is 0.231. The molecule has 0 spiro atoms. The van der Waals surface area contributed by atoms with Crippen LogP contribution in [0.5, 0.6) is 17.2 Å². The number of amides is 1. The van der Waals surface area contributed by atoms with Gasteiger partial charge in [-0.1, -0.05) is 35.6 Å². The van der Waals surface area contributed by atoms with E-state index in [1.165, 1.54) is 11.3 Å². The van der Waals surface area contributed by atoms with E-state index in [2.05, 4.69) is 6.07 Å². The van der Waals surface area contributed by atoms with Gasteiger partial charge in [-0.3, -0.25) is 9.69 Å². The van der Waals surface area contributed by atoms with Crippen LogP contribution in [0.2, 0.25) is 0 Å². The second kappa shape index (κ2) is 9.50. The Morgan fingerprint density at radius 1 is 0.909 bits per heavy atom. The van der Waals surface area contributed by atoms with Crippen LogP contribution in [-0.4, -0.2) is 32.2 Å². The van der Waals surface area contributed by atoms with Crippen LogP contribution in [0.25, 0.3) is 10.2 Å². The van der Waals surface area contributed by atoms with Crippen molar-refractivity contribution >= 4 is 38.3 Å². The summed E-state index contributed by atoms with van der Waals surface area (Å²) >= 11 is 1.49. The molecule has 3 aromatic carbocycles. The lowest BCUT2D eigenvalue weighted by molar-refractivity contribution is -0.117. The van der Waals surface area contributed by atoms with Crippen molar-refractivity contribution in [1.29, 1.82) is 0 Å². The molecule has 0 aliphatic heterocycles. The summed E-state index contributed by atoms with van der Waals surface area (Å²) in [5.74, 6) is 1.37. The third-order valence-electron chi connectivity index (χ3n) is 5.32. The molecule has 1 amide bonds. The van der Waals surface area contributed by atoms with Gasteiger partial charge >= 0.3 is 0 Å². The van der Waals surface area contributed by atoms with Gasteiger partial charge in [-0.25, -0.2) is 4.98 Å². The Morgan fingerprint density at radius 2 is 1.61 bits per heavy atom. The number of fused-ring (bicyclic) bond motifs is 1. The molecule has 4 rings (SSSR count). The first-order valence-electron chi connectivity index (χ1n) is 10.5. The number of carbonyl (C=O) groups excluding carboxylic acids is 1. The van der Waals surface area contributed by atoms with Crippen molar-refractivity contribution in [2.45, 2.75) is 20.3 Å². The molecule has 170 valence electrons. The summed E-state index contributed by atoms with van der Waals surface area (Å²) in [6, 6.07) is 17.6. The van der Waals surface area contributed by atoms with E-state index in [9.17, 15) is 4.79 Å². The molecule has 33 heavy (non-hydrogen) atoms. The van der Waals surface area contributed by atoms with Crippen LogP contribution in [0.1, 0.15) is 16.7 Å². The quantitative estimate of drug-likeness (QED) is 0.345. The van der Waals surface area contributed by atoms with Gasteiger partial charge in [0, 0.05) is 5.56 Å². The Labute approximate surface area is 197 Å². The second-order valence-electron chi connectivity index (χ2n) is 7.71. The largest absolute Gasteiger partial charge is 0.493 e. The van der Waals surface area contributed by atoms with Crippen molar-refractivity contribution in [3.8, 4) is 17.2 Å². The smallest absolute Gasteiger partial charge is 0.237 e. The van der Waals surface area contributed by atoms with Crippen molar-refractivity contribution in [1.82, 2.24) is 4.98 Å². The fourth-order valence-corrected chi connectivity index (χ4v) is 4.94. The molecule has 0 radical (unpaired) electrons. The van der Waals surface area contributed by atoms with Crippen LogP contribution >= 0.6 is 11.3 Å². The normalized spacial score (nSPS) is 10.8. The zero-order valence-corrected chi connectivity index (χ0v) is 20.2. The highest BCUT2D eigenvalue weighted by Crippen LogP contribution is 2.41. The molecule has 6 nitrogen and oxygen atoms in total. The van der Waals surface area contributed by atoms with Crippen LogP contribution in [-0.2, 0) is 11.2 Å². The van der Waals surface area contributed by atoms with E-state index in [-0.39, 0.29) is 12.3 Å². The first-order valence-corrected chi connectivity index (χ1v) is 11.3. The predicted molar refractivity (Wildman–Crippen MR) is 132 cm³/mol. The van der Waals surface area contributed by atoms with E-state index < -0.39 is 0 Å². The van der Waals surface area contributed by atoms with Crippen LogP contribution in [0, 0.1) is 13.8 Å². The molecule has 0 N–H and O–H groups in total. The van der Waals surface area contributed by atoms with Crippen LogP contribution in [0.15, 0.2) is 54.6 Å². The lowest BCUT2D eigenvalue weighted by Gasteiger charge is -2.22. The highest BCUT2D eigenvalue weighted by atomic mass is 32.1. The van der Waals surface area contributed by atoms with Crippen LogP contribution < -0.4 is 19.1 Å². The average molecular weight is 463 g/mol. The van der Waals surface area contributed by atoms with Gasteiger partial charge in [0.15, 0.2) is 16.6 Å². The molecule has 0 aliphatic rings. The van der Waals surface area contributed by atoms with E-state index in [1.54, 1.807) is 32.3 Å². The Balaban J connectivity index is 1.80. The summed E-state index contributed by atoms with van der Waals surface area (Å²) in [6.07, 6.45) is 0.104. The Bertz CT molecular complexity index is 1260. The third-order valence-corrected chi connectivity index (χ3v) is 6.34. The summed E-state index contributed by atoms with van der Waals surface area (Å²) in [5, 5.41) is 0.630. The highest BCUT2D eigenvalue weighted by molar-refractivity contribution is 7.22. The lowest BCUT2D eigenvalue weighted by atomic mass is 10.1. The van der Waals surface area contributed by atoms with Gasteiger partial charge in [-0.15, -0.1) is 0 Å². The number of aromatic nitrogens is 1. The number of nitrogens with zero attached hydrogens (tertiary/aromatic N) is 2. The molecule has 0 aliphatic carbocycles. The average Bonchev–Trinajstić information content (AvgIpc) is 3.21. The van der Waals surface area contributed by atoms with Gasteiger partial charge < -0.3 is 14.2 Å². The van der Waals surface area contributed by atoms with Crippen molar-refractivity contribution in [3.05, 3.63) is 71.3 Å². The zero-order chi connectivity index (χ0) is 23.5. The van der Waals surface area contributed by atoms with E-state index in [4.69, 9.17) is 19.2 Å². The molecule has 0 saturated carbocycles. The van der Waals surface area contributed by atoms with E-state index in [0.29, 0.717) is 27.9 Å². The Kier molecular flexibility index (Phi) is 6.51. The molecule has 4 aromatic rings. The molecule has 0 fully saturated rings. The first-order chi connectivity index (χ1) is 15.9. The summed E-state index contributed by atoms with van der Waals surface area (Å²) in [7, 11) is 4.67. The monoisotopic (exact) mass is 462 g/mol. The van der Waals surface area contributed by atoms with Crippen LogP contribution in [0.3, 0.4) is 0 Å². The first kappa shape index (κ1) is 22.6. The SMILES string of the molecule is COc1ccc(CC(=O)N(c2cc(C)cc(C)c2)c2nc3ccccc3s2)c(OC)c1OC. The fourth-order valence-electron chi connectivity index (χ4n) is 3.94. The summed E-state index contributed by atoms with van der Waals surface area (Å²) in [6.45, 7) is 4.05. The summed E-state index contributed by atoms with van der Waals surface area (Å²) in [5.41, 5.74) is 4.51. The minimum atomic E-state index is -0.121. The molecule has 0 saturated heterocycles. The van der Waals surface area contributed by atoms with Gasteiger partial charge in [-0.2, -0.15) is 0 Å². The zero-order valence-electron chi connectivity index (χ0n) is 19.3. The van der Waals surface area contributed by atoms with Gasteiger partial charge in [0.2, 0.25) is 11.7 Å². The molecule has 0 atom stereocenters.